The second-order valence-corrected chi connectivity index (χ2v) is 6.41. The fourth-order valence-electron chi connectivity index (χ4n) is 3.92. The van der Waals surface area contributed by atoms with E-state index in [1.807, 2.05) is 0 Å². The molecule has 5 nitrogen and oxygen atoms in total. The number of piperazine rings is 1. The topological polar surface area (TPSA) is 60.7 Å². The highest BCUT2D eigenvalue weighted by atomic mass is 16.3. The van der Waals surface area contributed by atoms with E-state index in [2.05, 4.69) is 10.2 Å². The average molecular weight is 293 g/mol. The van der Waals surface area contributed by atoms with Crippen molar-refractivity contribution in [2.45, 2.75) is 44.7 Å². The van der Waals surface area contributed by atoms with Crippen molar-refractivity contribution in [3.63, 3.8) is 0 Å². The Labute approximate surface area is 126 Å². The Kier molecular flexibility index (Phi) is 4.70. The predicted molar refractivity (Wildman–Crippen MR) is 82.6 cm³/mol. The monoisotopic (exact) mass is 293 g/mol. The molecule has 1 aromatic heterocycles. The third kappa shape index (κ3) is 3.35. The summed E-state index contributed by atoms with van der Waals surface area (Å²) in [6.07, 6.45) is 6.54. The third-order valence-electron chi connectivity index (χ3n) is 5.12. The fourth-order valence-corrected chi connectivity index (χ4v) is 3.92. The fraction of sp³-hybridized carbons (Fsp3) is 0.750. The molecule has 118 valence electrons. The molecule has 3 rings (SSSR count). The minimum atomic E-state index is 0.170. The smallest absolute Gasteiger partial charge is 0.193 e. The van der Waals surface area contributed by atoms with Crippen LogP contribution >= 0.6 is 0 Å². The number of hydrogen-bond donors (Lipinski definition) is 3. The molecule has 0 bridgehead atoms. The van der Waals surface area contributed by atoms with Crippen LogP contribution in [0.25, 0.3) is 0 Å². The van der Waals surface area contributed by atoms with Gasteiger partial charge in [-0.05, 0) is 18.8 Å². The molecule has 1 unspecified atom stereocenters. The number of aromatic nitrogens is 1. The number of hydrogen-bond acceptors (Lipinski definition) is 4. The van der Waals surface area contributed by atoms with E-state index in [0.717, 1.165) is 26.2 Å². The molecule has 1 aliphatic heterocycles. The molecule has 2 fully saturated rings. The zero-order valence-electron chi connectivity index (χ0n) is 12.7. The van der Waals surface area contributed by atoms with E-state index in [4.69, 9.17) is 0 Å². The van der Waals surface area contributed by atoms with Gasteiger partial charge in [0.15, 0.2) is 11.8 Å². The molecule has 1 saturated heterocycles. The first-order valence-corrected chi connectivity index (χ1v) is 8.28. The zero-order valence-corrected chi connectivity index (χ0v) is 12.7. The maximum absolute atomic E-state index is 9.95. The molecule has 1 aromatic rings. The highest BCUT2D eigenvalue weighted by molar-refractivity contribution is 5.24. The van der Waals surface area contributed by atoms with E-state index in [9.17, 15) is 10.2 Å². The second kappa shape index (κ2) is 6.71. The number of nitrogens with one attached hydrogen (secondary N) is 1. The zero-order chi connectivity index (χ0) is 14.7. The average Bonchev–Trinajstić information content (AvgIpc) is 2.85. The molecule has 1 aliphatic carbocycles. The summed E-state index contributed by atoms with van der Waals surface area (Å²) in [6, 6.07) is 3.56. The van der Waals surface area contributed by atoms with Gasteiger partial charge in [0, 0.05) is 50.9 Å². The van der Waals surface area contributed by atoms with Crippen molar-refractivity contribution in [3.05, 3.63) is 12.1 Å². The molecule has 21 heavy (non-hydrogen) atoms. The van der Waals surface area contributed by atoms with Gasteiger partial charge in [0.2, 0.25) is 0 Å². The SMILES string of the molecule is Oc1ccc(O)n1CC(C1CCCCC1)N1CCNCC1. The quantitative estimate of drug-likeness (QED) is 0.791. The lowest BCUT2D eigenvalue weighted by Crippen LogP contribution is -2.52. The van der Waals surface area contributed by atoms with Crippen LogP contribution in [0, 0.1) is 5.92 Å². The Hall–Kier alpha value is -1.20. The van der Waals surface area contributed by atoms with Gasteiger partial charge in [0.1, 0.15) is 0 Å². The minimum absolute atomic E-state index is 0.170. The highest BCUT2D eigenvalue weighted by Gasteiger charge is 2.30. The van der Waals surface area contributed by atoms with Crippen molar-refractivity contribution >= 4 is 0 Å². The Morgan fingerprint density at radius 2 is 1.67 bits per heavy atom. The molecule has 3 N–H and O–H groups in total. The lowest BCUT2D eigenvalue weighted by atomic mass is 9.83. The molecule has 0 radical (unpaired) electrons. The van der Waals surface area contributed by atoms with Crippen LogP contribution in [-0.2, 0) is 6.54 Å². The normalized spacial score (nSPS) is 23.2. The van der Waals surface area contributed by atoms with Crippen LogP contribution in [0.4, 0.5) is 0 Å². The van der Waals surface area contributed by atoms with E-state index < -0.39 is 0 Å². The van der Waals surface area contributed by atoms with E-state index in [-0.39, 0.29) is 11.8 Å². The molecular formula is C16H27N3O2. The second-order valence-electron chi connectivity index (χ2n) is 6.41. The highest BCUT2D eigenvalue weighted by Crippen LogP contribution is 2.32. The van der Waals surface area contributed by atoms with Crippen LogP contribution in [0.5, 0.6) is 11.8 Å². The Morgan fingerprint density at radius 3 is 2.29 bits per heavy atom. The van der Waals surface area contributed by atoms with Crippen LogP contribution < -0.4 is 5.32 Å². The van der Waals surface area contributed by atoms with E-state index in [1.165, 1.54) is 32.1 Å². The van der Waals surface area contributed by atoms with Gasteiger partial charge in [-0.1, -0.05) is 19.3 Å². The Balaban J connectivity index is 1.77. The third-order valence-corrected chi connectivity index (χ3v) is 5.12. The van der Waals surface area contributed by atoms with Crippen molar-refractivity contribution in [2.24, 2.45) is 5.92 Å². The molecule has 0 amide bonds. The van der Waals surface area contributed by atoms with E-state index >= 15 is 0 Å². The molecule has 2 aliphatic rings. The summed E-state index contributed by atoms with van der Waals surface area (Å²) in [7, 11) is 0. The van der Waals surface area contributed by atoms with E-state index in [0.29, 0.717) is 18.5 Å². The summed E-state index contributed by atoms with van der Waals surface area (Å²) in [5, 5.41) is 23.3. The van der Waals surface area contributed by atoms with Crippen molar-refractivity contribution in [2.75, 3.05) is 26.2 Å². The van der Waals surface area contributed by atoms with Crippen molar-refractivity contribution in [3.8, 4) is 11.8 Å². The van der Waals surface area contributed by atoms with Crippen LogP contribution in [-0.4, -0.2) is 51.9 Å². The molecule has 2 heterocycles. The van der Waals surface area contributed by atoms with Crippen LogP contribution in [0.3, 0.4) is 0 Å². The van der Waals surface area contributed by atoms with Crippen LogP contribution in [0.15, 0.2) is 12.1 Å². The summed E-state index contributed by atoms with van der Waals surface area (Å²) >= 11 is 0. The molecule has 1 saturated carbocycles. The minimum Gasteiger partial charge on any atom is -0.494 e. The van der Waals surface area contributed by atoms with Gasteiger partial charge < -0.3 is 15.5 Å². The van der Waals surface area contributed by atoms with Gasteiger partial charge in [-0.25, -0.2) is 0 Å². The first kappa shape index (κ1) is 14.7. The molecule has 0 spiro atoms. The maximum atomic E-state index is 9.95. The van der Waals surface area contributed by atoms with Gasteiger partial charge in [0.25, 0.3) is 0 Å². The van der Waals surface area contributed by atoms with Crippen molar-refractivity contribution in [1.82, 2.24) is 14.8 Å². The Bertz CT molecular complexity index is 411. The largest absolute Gasteiger partial charge is 0.494 e. The standard InChI is InChI=1S/C16H27N3O2/c20-15-6-7-16(21)19(15)12-14(13-4-2-1-3-5-13)18-10-8-17-9-11-18/h6-7,13-14,17,20-21H,1-5,8-12H2. The van der Waals surface area contributed by atoms with E-state index in [1.54, 1.807) is 16.7 Å². The van der Waals surface area contributed by atoms with Crippen molar-refractivity contribution < 1.29 is 10.2 Å². The van der Waals surface area contributed by atoms with Crippen LogP contribution in [0.1, 0.15) is 32.1 Å². The van der Waals surface area contributed by atoms with Gasteiger partial charge in [-0.3, -0.25) is 9.47 Å². The van der Waals surface area contributed by atoms with Gasteiger partial charge >= 0.3 is 0 Å². The lowest BCUT2D eigenvalue weighted by Gasteiger charge is -2.41. The number of aromatic hydroxyl groups is 2. The van der Waals surface area contributed by atoms with Crippen molar-refractivity contribution in [1.29, 1.82) is 0 Å². The molecule has 1 atom stereocenters. The van der Waals surface area contributed by atoms with Crippen LogP contribution in [0.2, 0.25) is 0 Å². The summed E-state index contributed by atoms with van der Waals surface area (Å²) in [5.74, 6) is 1.02. The number of nitrogens with zero attached hydrogens (tertiary/aromatic N) is 2. The predicted octanol–water partition coefficient (Wildman–Crippen LogP) is 1.75. The first-order chi connectivity index (χ1) is 10.3. The van der Waals surface area contributed by atoms with Gasteiger partial charge in [-0.2, -0.15) is 0 Å². The number of rotatable bonds is 4. The maximum Gasteiger partial charge on any atom is 0.193 e. The molecule has 0 aromatic carbocycles. The summed E-state index contributed by atoms with van der Waals surface area (Å²) in [6.45, 7) is 4.88. The first-order valence-electron chi connectivity index (χ1n) is 8.28. The summed E-state index contributed by atoms with van der Waals surface area (Å²) in [5.41, 5.74) is 0. The van der Waals surface area contributed by atoms with Gasteiger partial charge in [-0.15, -0.1) is 0 Å². The molecule has 5 heteroatoms. The van der Waals surface area contributed by atoms with Gasteiger partial charge in [0.05, 0.1) is 0 Å². The lowest BCUT2D eigenvalue weighted by molar-refractivity contribution is 0.0865. The summed E-state index contributed by atoms with van der Waals surface area (Å²) < 4.78 is 1.65. The summed E-state index contributed by atoms with van der Waals surface area (Å²) in [4.78, 5) is 2.55. The molecular weight excluding hydrogens is 266 g/mol. The Morgan fingerprint density at radius 1 is 1.05 bits per heavy atom.